The Morgan fingerprint density at radius 3 is 2.83 bits per heavy atom. The second-order valence-corrected chi connectivity index (χ2v) is 5.82. The van der Waals surface area contributed by atoms with E-state index < -0.39 is 11.6 Å². The minimum Gasteiger partial charge on any atom is -0.308 e. The molecular weight excluding hydrogens is 318 g/mol. The third-order valence-corrected chi connectivity index (χ3v) is 4.33. The van der Waals surface area contributed by atoms with Gasteiger partial charge in [0.2, 0.25) is 0 Å². The van der Waals surface area contributed by atoms with Crippen LogP contribution in [0.1, 0.15) is 11.3 Å². The first-order chi connectivity index (χ1) is 11.2. The predicted molar refractivity (Wildman–Crippen MR) is 83.9 cm³/mol. The van der Waals surface area contributed by atoms with Crippen molar-refractivity contribution in [2.24, 2.45) is 0 Å². The van der Waals surface area contributed by atoms with Gasteiger partial charge in [-0.05, 0) is 18.2 Å². The maximum atomic E-state index is 13.7. The van der Waals surface area contributed by atoms with Crippen LogP contribution >= 0.6 is 11.8 Å². The first kappa shape index (κ1) is 15.6. The van der Waals surface area contributed by atoms with E-state index in [1.54, 1.807) is 18.6 Å². The molecule has 23 heavy (non-hydrogen) atoms. The molecule has 0 saturated heterocycles. The van der Waals surface area contributed by atoms with Gasteiger partial charge < -0.3 is 4.57 Å². The number of rotatable bonds is 6. The standard InChI is InChI=1S/C16H14F2N4S/c17-14-6-3-4-12(15(14)18)10-23-16-21-20-11-22(16)9-7-13-5-1-2-8-19-13/h1-6,8,11H,7,9-10H2. The van der Waals surface area contributed by atoms with Crippen molar-refractivity contribution < 1.29 is 8.78 Å². The lowest BCUT2D eigenvalue weighted by molar-refractivity contribution is 0.502. The molecule has 2 aromatic heterocycles. The number of halogens is 2. The zero-order valence-corrected chi connectivity index (χ0v) is 13.0. The molecule has 3 aromatic rings. The molecule has 0 unspecified atom stereocenters. The molecule has 0 aliphatic rings. The average molecular weight is 332 g/mol. The number of aryl methyl sites for hydroxylation is 2. The Balaban J connectivity index is 1.63. The smallest absolute Gasteiger partial charge is 0.191 e. The topological polar surface area (TPSA) is 43.6 Å². The molecule has 0 saturated carbocycles. The number of benzene rings is 1. The lowest BCUT2D eigenvalue weighted by Gasteiger charge is -2.07. The van der Waals surface area contributed by atoms with Crippen LogP contribution in [0.3, 0.4) is 0 Å². The molecule has 0 atom stereocenters. The molecule has 0 fully saturated rings. The van der Waals surface area contributed by atoms with Crippen LogP contribution in [-0.2, 0) is 18.7 Å². The summed E-state index contributed by atoms with van der Waals surface area (Å²) < 4.78 is 28.8. The molecule has 0 bridgehead atoms. The van der Waals surface area contributed by atoms with Crippen molar-refractivity contribution in [3.63, 3.8) is 0 Å². The molecule has 7 heteroatoms. The summed E-state index contributed by atoms with van der Waals surface area (Å²) in [5.41, 5.74) is 1.29. The monoisotopic (exact) mass is 332 g/mol. The van der Waals surface area contributed by atoms with Crippen LogP contribution in [0.25, 0.3) is 0 Å². The van der Waals surface area contributed by atoms with Gasteiger partial charge in [0.1, 0.15) is 6.33 Å². The van der Waals surface area contributed by atoms with Crippen LogP contribution in [0.4, 0.5) is 8.78 Å². The number of thioether (sulfide) groups is 1. The summed E-state index contributed by atoms with van der Waals surface area (Å²) in [6.45, 7) is 0.679. The Morgan fingerprint density at radius 2 is 2.00 bits per heavy atom. The van der Waals surface area contributed by atoms with E-state index in [1.807, 2.05) is 22.8 Å². The Labute approximate surface area is 136 Å². The summed E-state index contributed by atoms with van der Waals surface area (Å²) in [5, 5.41) is 8.60. The van der Waals surface area contributed by atoms with Crippen LogP contribution < -0.4 is 0 Å². The van der Waals surface area contributed by atoms with Gasteiger partial charge in [0.15, 0.2) is 16.8 Å². The van der Waals surface area contributed by atoms with Crippen molar-refractivity contribution in [1.29, 1.82) is 0 Å². The minimum absolute atomic E-state index is 0.297. The molecule has 0 N–H and O–H groups in total. The van der Waals surface area contributed by atoms with Gasteiger partial charge in [0.05, 0.1) is 0 Å². The number of pyridine rings is 1. The molecule has 3 rings (SSSR count). The van der Waals surface area contributed by atoms with Gasteiger partial charge in [-0.3, -0.25) is 4.98 Å². The van der Waals surface area contributed by atoms with E-state index in [1.165, 1.54) is 17.8 Å². The second-order valence-electron chi connectivity index (χ2n) is 4.88. The molecule has 0 amide bonds. The van der Waals surface area contributed by atoms with Crippen LogP contribution in [0.15, 0.2) is 54.1 Å². The highest BCUT2D eigenvalue weighted by Crippen LogP contribution is 2.23. The van der Waals surface area contributed by atoms with Gasteiger partial charge in [-0.25, -0.2) is 8.78 Å². The molecule has 1 aromatic carbocycles. The van der Waals surface area contributed by atoms with E-state index in [9.17, 15) is 8.78 Å². The maximum absolute atomic E-state index is 13.7. The number of nitrogens with zero attached hydrogens (tertiary/aromatic N) is 4. The van der Waals surface area contributed by atoms with E-state index >= 15 is 0 Å². The van der Waals surface area contributed by atoms with Crippen molar-refractivity contribution >= 4 is 11.8 Å². The third-order valence-electron chi connectivity index (χ3n) is 3.30. The molecule has 0 radical (unpaired) electrons. The summed E-state index contributed by atoms with van der Waals surface area (Å²) in [6.07, 6.45) is 4.14. The highest BCUT2D eigenvalue weighted by molar-refractivity contribution is 7.98. The number of hydrogen-bond donors (Lipinski definition) is 0. The fourth-order valence-corrected chi connectivity index (χ4v) is 3.01. The van der Waals surface area contributed by atoms with Gasteiger partial charge in [-0.1, -0.05) is 30.0 Å². The zero-order valence-electron chi connectivity index (χ0n) is 12.2. The van der Waals surface area contributed by atoms with Gasteiger partial charge in [0, 0.05) is 36.2 Å². The number of hydrogen-bond acceptors (Lipinski definition) is 4. The largest absolute Gasteiger partial charge is 0.308 e. The Morgan fingerprint density at radius 1 is 1.09 bits per heavy atom. The highest BCUT2D eigenvalue weighted by Gasteiger charge is 2.11. The van der Waals surface area contributed by atoms with Gasteiger partial charge >= 0.3 is 0 Å². The molecular formula is C16H14F2N4S. The molecule has 2 heterocycles. The van der Waals surface area contributed by atoms with E-state index in [0.29, 0.717) is 23.0 Å². The molecule has 0 aliphatic carbocycles. The van der Waals surface area contributed by atoms with Crippen LogP contribution in [0.2, 0.25) is 0 Å². The SMILES string of the molecule is Fc1cccc(CSc2nncn2CCc2ccccn2)c1F. The minimum atomic E-state index is -0.834. The van der Waals surface area contributed by atoms with Gasteiger partial charge in [0.25, 0.3) is 0 Å². The van der Waals surface area contributed by atoms with E-state index in [0.717, 1.165) is 18.2 Å². The molecule has 0 spiro atoms. The normalized spacial score (nSPS) is 10.9. The summed E-state index contributed by atoms with van der Waals surface area (Å²) >= 11 is 1.33. The summed E-state index contributed by atoms with van der Waals surface area (Å²) in [6, 6.07) is 9.95. The van der Waals surface area contributed by atoms with Crippen molar-refractivity contribution in [3.05, 3.63) is 71.8 Å². The Hall–Kier alpha value is -2.28. The van der Waals surface area contributed by atoms with Gasteiger partial charge in [-0.15, -0.1) is 10.2 Å². The van der Waals surface area contributed by atoms with Crippen molar-refractivity contribution in [2.75, 3.05) is 0 Å². The van der Waals surface area contributed by atoms with Crippen LogP contribution in [-0.4, -0.2) is 19.7 Å². The van der Waals surface area contributed by atoms with E-state index in [4.69, 9.17) is 0 Å². The summed E-state index contributed by atoms with van der Waals surface area (Å²) in [4.78, 5) is 4.27. The molecule has 0 aliphatic heterocycles. The van der Waals surface area contributed by atoms with Crippen LogP contribution in [0, 0.1) is 11.6 Å². The fourth-order valence-electron chi connectivity index (χ4n) is 2.09. The lowest BCUT2D eigenvalue weighted by Crippen LogP contribution is -2.03. The van der Waals surface area contributed by atoms with Gasteiger partial charge in [-0.2, -0.15) is 0 Å². The lowest BCUT2D eigenvalue weighted by atomic mass is 10.2. The summed E-state index contributed by atoms with van der Waals surface area (Å²) in [5.74, 6) is -1.34. The second kappa shape index (κ2) is 7.32. The predicted octanol–water partition coefficient (Wildman–Crippen LogP) is 3.49. The fraction of sp³-hybridized carbons (Fsp3) is 0.188. The Kier molecular flexibility index (Phi) is 4.97. The van der Waals surface area contributed by atoms with Crippen molar-refractivity contribution in [2.45, 2.75) is 23.9 Å². The zero-order chi connectivity index (χ0) is 16.1. The Bertz CT molecular complexity index is 777. The summed E-state index contributed by atoms with van der Waals surface area (Å²) in [7, 11) is 0. The van der Waals surface area contributed by atoms with Crippen molar-refractivity contribution in [3.8, 4) is 0 Å². The average Bonchev–Trinajstić information content (AvgIpc) is 3.03. The van der Waals surface area contributed by atoms with E-state index in [2.05, 4.69) is 15.2 Å². The van der Waals surface area contributed by atoms with Crippen LogP contribution in [0.5, 0.6) is 0 Å². The number of aromatic nitrogens is 4. The highest BCUT2D eigenvalue weighted by atomic mass is 32.2. The van der Waals surface area contributed by atoms with E-state index in [-0.39, 0.29) is 0 Å². The first-order valence-corrected chi connectivity index (χ1v) is 8.06. The first-order valence-electron chi connectivity index (χ1n) is 7.07. The molecule has 4 nitrogen and oxygen atoms in total. The third kappa shape index (κ3) is 3.92. The quantitative estimate of drug-likeness (QED) is 0.648. The molecule has 118 valence electrons. The maximum Gasteiger partial charge on any atom is 0.191 e. The van der Waals surface area contributed by atoms with Crippen molar-refractivity contribution in [1.82, 2.24) is 19.7 Å².